The van der Waals surface area contributed by atoms with E-state index in [1.54, 1.807) is 12.1 Å². The van der Waals surface area contributed by atoms with Crippen molar-refractivity contribution in [3.63, 3.8) is 0 Å². The van der Waals surface area contributed by atoms with Crippen molar-refractivity contribution < 1.29 is 57.9 Å². The summed E-state index contributed by atoms with van der Waals surface area (Å²) < 4.78 is 28.1. The van der Waals surface area contributed by atoms with Gasteiger partial charge in [0.2, 0.25) is 0 Å². The van der Waals surface area contributed by atoms with Crippen LogP contribution in [0.4, 0.5) is 0 Å². The Hall–Kier alpha value is -3.67. The van der Waals surface area contributed by atoms with E-state index in [1.807, 2.05) is 81.4 Å². The number of phenolic OH excluding ortho intramolecular Hbond substituents is 1. The van der Waals surface area contributed by atoms with Gasteiger partial charge in [-0.05, 0) is 280 Å². The first kappa shape index (κ1) is 65.9. The van der Waals surface area contributed by atoms with Gasteiger partial charge >= 0.3 is 29.8 Å². The lowest BCUT2D eigenvalue weighted by atomic mass is 9.50. The van der Waals surface area contributed by atoms with E-state index < -0.39 is 16.4 Å². The maximum absolute atomic E-state index is 12.5. The molecule has 12 saturated carbocycles. The molecule has 1 aromatic rings. The fourth-order valence-corrected chi connectivity index (χ4v) is 16.3. The Labute approximate surface area is 495 Å². The molecule has 4 atom stereocenters. The molecule has 13 fully saturated rings. The molecule has 0 amide bonds. The van der Waals surface area contributed by atoms with Crippen molar-refractivity contribution in [3.8, 4) is 5.75 Å². The van der Waals surface area contributed by atoms with E-state index in [2.05, 4.69) is 41.5 Å². The molecule has 13 aliphatic rings. The van der Waals surface area contributed by atoms with Crippen LogP contribution in [0.15, 0.2) is 24.3 Å². The standard InChI is InChI=1S/2C17H28O2.C16H26O3.C10H16O4.C10H14O/c2*1-5-16(2,3)15(18)19-17(4)13-7-11-6-12(9-13)10-14(17)8-11;1-4-14(2,3)13(17)19-16-8-11-5-12(9-16)7-15(18,6-11)10-16;1-4-10(2,3)9(12)14-7-5-8(11)13-6-7;1-3-8(2)9-4-6-10(11)7-5-9/h2*11-14H,5-10H2,1-4H3;11-12,18H,4-10H2,1-3H3;7H,4-6H2,1-3H3;4-8,11H,3H2,1-2H3. The number of phenols is 1. The molecule has 0 aromatic heterocycles. The van der Waals surface area contributed by atoms with Crippen LogP contribution < -0.4 is 0 Å². The zero-order chi connectivity index (χ0) is 60.6. The Morgan fingerprint density at radius 2 is 0.902 bits per heavy atom. The molecule has 2 N–H and O–H groups in total. The minimum absolute atomic E-state index is 0.0185. The van der Waals surface area contributed by atoms with Gasteiger partial charge in [-0.15, -0.1) is 0 Å². The number of hydrogen-bond acceptors (Lipinski definition) is 12. The third-order valence-corrected chi connectivity index (χ3v) is 23.3. The van der Waals surface area contributed by atoms with Crippen LogP contribution in [0.5, 0.6) is 5.75 Å². The topological polar surface area (TPSA) is 172 Å². The predicted octanol–water partition coefficient (Wildman–Crippen LogP) is 15.6. The summed E-state index contributed by atoms with van der Waals surface area (Å²) in [5, 5.41) is 19.7. The number of ether oxygens (including phenoxy) is 5. The molecular weight excluding hydrogens is 1030 g/mol. The first-order chi connectivity index (χ1) is 38.1. The van der Waals surface area contributed by atoms with Crippen molar-refractivity contribution in [3.05, 3.63) is 29.8 Å². The van der Waals surface area contributed by atoms with E-state index in [9.17, 15) is 29.1 Å². The lowest BCUT2D eigenvalue weighted by Gasteiger charge is -2.59. The summed E-state index contributed by atoms with van der Waals surface area (Å²) in [6.45, 7) is 32.7. The summed E-state index contributed by atoms with van der Waals surface area (Å²) in [6.07, 6.45) is 23.0. The lowest BCUT2D eigenvalue weighted by Crippen LogP contribution is -2.61. The third-order valence-electron chi connectivity index (χ3n) is 23.3. The van der Waals surface area contributed by atoms with Crippen molar-refractivity contribution in [1.82, 2.24) is 0 Å². The Morgan fingerprint density at radius 1 is 0.549 bits per heavy atom. The van der Waals surface area contributed by atoms with Gasteiger partial charge in [0.1, 0.15) is 35.3 Å². The summed E-state index contributed by atoms with van der Waals surface area (Å²) in [5.74, 6) is 7.65. The van der Waals surface area contributed by atoms with Crippen LogP contribution in [0.25, 0.3) is 0 Å². The van der Waals surface area contributed by atoms with Crippen LogP contribution in [0.3, 0.4) is 0 Å². The molecule has 82 heavy (non-hydrogen) atoms. The highest BCUT2D eigenvalue weighted by Gasteiger charge is 2.61. The maximum atomic E-state index is 12.5. The molecule has 1 heterocycles. The van der Waals surface area contributed by atoms with Crippen LogP contribution >= 0.6 is 0 Å². The van der Waals surface area contributed by atoms with Gasteiger partial charge in [-0.1, -0.05) is 53.7 Å². The van der Waals surface area contributed by atoms with Gasteiger partial charge in [0.15, 0.2) is 0 Å². The Balaban J connectivity index is 0.000000150. The molecular formula is C70H112O12. The number of aromatic hydroxyl groups is 1. The minimum atomic E-state index is -0.555. The second-order valence-corrected chi connectivity index (χ2v) is 31.3. The highest BCUT2D eigenvalue weighted by Crippen LogP contribution is 2.62. The molecule has 14 rings (SSSR count). The largest absolute Gasteiger partial charge is 0.508 e. The van der Waals surface area contributed by atoms with Crippen molar-refractivity contribution >= 4 is 29.8 Å². The molecule has 4 unspecified atom stereocenters. The Kier molecular flexibility index (Phi) is 20.4. The molecule has 12 bridgehead atoms. The lowest BCUT2D eigenvalue weighted by molar-refractivity contribution is -0.225. The highest BCUT2D eigenvalue weighted by atomic mass is 16.6. The van der Waals surface area contributed by atoms with E-state index in [4.69, 9.17) is 28.8 Å². The van der Waals surface area contributed by atoms with Gasteiger partial charge in [-0.3, -0.25) is 24.0 Å². The van der Waals surface area contributed by atoms with Crippen LogP contribution in [-0.2, 0) is 47.7 Å². The predicted molar refractivity (Wildman–Crippen MR) is 320 cm³/mol. The Morgan fingerprint density at radius 3 is 1.23 bits per heavy atom. The number of carbonyl (C=O) groups is 5. The molecule has 12 heteroatoms. The van der Waals surface area contributed by atoms with Crippen LogP contribution in [0.1, 0.15) is 264 Å². The molecule has 12 aliphatic carbocycles. The second-order valence-electron chi connectivity index (χ2n) is 31.3. The fraction of sp³-hybridized carbons (Fsp3) is 0.843. The van der Waals surface area contributed by atoms with Crippen molar-refractivity contribution in [2.75, 3.05) is 6.61 Å². The van der Waals surface area contributed by atoms with Crippen LogP contribution in [-0.4, -0.2) is 75.2 Å². The zero-order valence-electron chi connectivity index (χ0n) is 54.0. The number of cyclic esters (lactones) is 1. The van der Waals surface area contributed by atoms with Gasteiger partial charge in [-0.25, -0.2) is 0 Å². The smallest absolute Gasteiger partial charge is 0.312 e. The number of aliphatic hydroxyl groups is 1. The van der Waals surface area contributed by atoms with Crippen molar-refractivity contribution in [1.29, 1.82) is 0 Å². The van der Waals surface area contributed by atoms with Crippen molar-refractivity contribution in [2.24, 2.45) is 80.8 Å². The summed E-state index contributed by atoms with van der Waals surface area (Å²) in [6, 6.07) is 7.43. The molecule has 0 radical (unpaired) electrons. The molecule has 1 saturated heterocycles. The maximum Gasteiger partial charge on any atom is 0.312 e. The quantitative estimate of drug-likeness (QED) is 0.134. The average Bonchev–Trinajstić information content (AvgIpc) is 2.65. The van der Waals surface area contributed by atoms with Gasteiger partial charge in [0.25, 0.3) is 0 Å². The number of benzene rings is 1. The van der Waals surface area contributed by atoms with E-state index in [0.717, 1.165) is 75.0 Å². The normalized spacial score (nSPS) is 36.4. The number of esters is 5. The van der Waals surface area contributed by atoms with Crippen LogP contribution in [0, 0.1) is 80.8 Å². The van der Waals surface area contributed by atoms with Gasteiger partial charge in [0, 0.05) is 6.42 Å². The van der Waals surface area contributed by atoms with E-state index >= 15 is 0 Å². The van der Waals surface area contributed by atoms with Crippen molar-refractivity contribution in [2.45, 2.75) is 286 Å². The monoisotopic (exact) mass is 1140 g/mol. The number of rotatable bonds is 14. The third kappa shape index (κ3) is 14.9. The van der Waals surface area contributed by atoms with E-state index in [0.29, 0.717) is 60.0 Å². The molecule has 1 aliphatic heterocycles. The summed E-state index contributed by atoms with van der Waals surface area (Å²) in [5.41, 5.74) is -1.52. The van der Waals surface area contributed by atoms with E-state index in [1.165, 1.54) is 76.2 Å². The SMILES string of the molecule is CCC(C)(C)C(=O)OC1(C)C2CC3CC(C2)CC1C3.CCC(C)(C)C(=O)OC1(C)C2CC3CC(C2)CC1C3.CCC(C)(C)C(=O)OC12CC3CC(CC(O)(C3)C1)C2.CCC(C)(C)C(=O)OC1COC(=O)C1.CCC(C)c1ccc(O)cc1. The molecule has 12 nitrogen and oxygen atoms in total. The van der Waals surface area contributed by atoms with E-state index in [-0.39, 0.29) is 76.6 Å². The number of carbonyl (C=O) groups excluding carboxylic acids is 5. The minimum Gasteiger partial charge on any atom is -0.508 e. The van der Waals surface area contributed by atoms with Gasteiger partial charge in [-0.2, -0.15) is 0 Å². The van der Waals surface area contributed by atoms with Gasteiger partial charge in [0.05, 0.1) is 33.7 Å². The molecule has 464 valence electrons. The Bertz CT molecular complexity index is 2230. The van der Waals surface area contributed by atoms with Gasteiger partial charge < -0.3 is 33.9 Å². The summed E-state index contributed by atoms with van der Waals surface area (Å²) in [4.78, 5) is 59.6. The zero-order valence-corrected chi connectivity index (χ0v) is 54.0. The first-order valence-electron chi connectivity index (χ1n) is 32.7. The summed E-state index contributed by atoms with van der Waals surface area (Å²) in [7, 11) is 0. The second kappa shape index (κ2) is 25.3. The molecule has 1 aromatic carbocycles. The highest BCUT2D eigenvalue weighted by molar-refractivity contribution is 5.78. The van der Waals surface area contributed by atoms with Crippen LogP contribution in [0.2, 0.25) is 0 Å². The molecule has 0 spiro atoms. The fourth-order valence-electron chi connectivity index (χ4n) is 16.3. The first-order valence-corrected chi connectivity index (χ1v) is 32.7. The summed E-state index contributed by atoms with van der Waals surface area (Å²) >= 11 is 0. The average molecular weight is 1150 g/mol. The number of hydrogen-bond donors (Lipinski definition) is 2.